The molecule has 0 radical (unpaired) electrons. The lowest BCUT2D eigenvalue weighted by Gasteiger charge is -2.46. The van der Waals surface area contributed by atoms with E-state index in [2.05, 4.69) is 13.2 Å². The Morgan fingerprint density at radius 3 is 1.85 bits per heavy atom. The first-order valence-corrected chi connectivity index (χ1v) is 11.9. The number of hydrogen-bond acceptors (Lipinski definition) is 12. The van der Waals surface area contributed by atoms with E-state index in [0.717, 1.165) is 5.56 Å². The summed E-state index contributed by atoms with van der Waals surface area (Å²) in [6.45, 7) is 7.12. The predicted molar refractivity (Wildman–Crippen MR) is 147 cm³/mol. The van der Waals surface area contributed by atoms with Gasteiger partial charge in [0.15, 0.2) is 18.9 Å². The van der Waals surface area contributed by atoms with Gasteiger partial charge in [0, 0.05) is 5.56 Å². The van der Waals surface area contributed by atoms with Crippen LogP contribution in [0.25, 0.3) is 0 Å². The summed E-state index contributed by atoms with van der Waals surface area (Å²) in [5.41, 5.74) is 0.854. The van der Waals surface area contributed by atoms with Gasteiger partial charge in [-0.25, -0.2) is 0 Å². The van der Waals surface area contributed by atoms with Gasteiger partial charge in [-0.05, 0) is 0 Å². The van der Waals surface area contributed by atoms with Crippen molar-refractivity contribution >= 4 is 0 Å². The fraction of sp³-hybridized carbons (Fsp3) is 0.643. The molecule has 1 aromatic carbocycles. The molecule has 3 heterocycles. The van der Waals surface area contributed by atoms with E-state index in [1.165, 1.54) is 6.08 Å². The van der Waals surface area contributed by atoms with Crippen LogP contribution in [0.5, 0.6) is 0 Å². The van der Waals surface area contributed by atoms with Gasteiger partial charge < -0.3 is 59.1 Å². The van der Waals surface area contributed by atoms with Crippen molar-refractivity contribution in [3.63, 3.8) is 0 Å². The summed E-state index contributed by atoms with van der Waals surface area (Å²) in [7, 11) is 0. The third-order valence-corrected chi connectivity index (χ3v) is 6.01. The quantitative estimate of drug-likeness (QED) is 0.239. The van der Waals surface area contributed by atoms with Crippen LogP contribution in [0.4, 0.5) is 0 Å². The van der Waals surface area contributed by atoms with Gasteiger partial charge in [0.2, 0.25) is 0 Å². The molecule has 11 unspecified atom stereocenters. The summed E-state index contributed by atoms with van der Waals surface area (Å²) in [6, 6.07) is 9.44. The molecule has 0 aliphatic carbocycles. The first-order valence-electron chi connectivity index (χ1n) is 11.9. The minimum atomic E-state index is -1.40. The second-order valence-electron chi connectivity index (χ2n) is 8.64. The fourth-order valence-corrected chi connectivity index (χ4v) is 4.03. The monoisotopic (exact) mass is 576 g/mol. The van der Waals surface area contributed by atoms with Crippen molar-refractivity contribution < 1.29 is 59.1 Å². The zero-order valence-corrected chi connectivity index (χ0v) is 20.3. The zero-order valence-electron chi connectivity index (χ0n) is 20.3. The van der Waals surface area contributed by atoms with Crippen molar-refractivity contribution in [3.8, 4) is 0 Å². The number of benzene rings is 1. The Morgan fingerprint density at radius 2 is 1.30 bits per heavy atom. The van der Waals surface area contributed by atoms with Crippen LogP contribution >= 0.6 is 0 Å². The molecule has 232 valence electrons. The Morgan fingerprint density at radius 1 is 0.750 bits per heavy atom. The molecule has 0 saturated carbocycles. The summed E-state index contributed by atoms with van der Waals surface area (Å²) in [5.74, 6) is 0. The van der Waals surface area contributed by atoms with Crippen molar-refractivity contribution in [1.29, 1.82) is 0 Å². The highest BCUT2D eigenvalue weighted by Crippen LogP contribution is 2.34. The van der Waals surface area contributed by atoms with Crippen molar-refractivity contribution in [2.75, 3.05) is 26.4 Å². The van der Waals surface area contributed by atoms with Gasteiger partial charge in [0.05, 0.1) is 26.4 Å². The maximum Gasteiger partial charge on any atom is 0.187 e. The van der Waals surface area contributed by atoms with Crippen LogP contribution in [-0.2, 0) is 28.4 Å². The first-order chi connectivity index (χ1) is 17.8. The van der Waals surface area contributed by atoms with Crippen molar-refractivity contribution in [3.05, 3.63) is 61.2 Å². The Labute approximate surface area is 237 Å². The van der Waals surface area contributed by atoms with E-state index in [9.17, 15) is 25.5 Å². The topological polar surface area (TPSA) is 177 Å². The normalized spacial score (nSPS) is 36.6. The number of aliphatic hydroxyl groups is 6. The highest BCUT2D eigenvalue weighted by molar-refractivity contribution is 5.16. The SMILES string of the molecule is C.C.C.C=CCOC1OC(CO)C(O)C(O)C1O.C=CCOC1OC2COC(c3ccccc3)OC2C(O)C1O. The highest BCUT2D eigenvalue weighted by Gasteiger charge is 2.49. The molecule has 0 spiro atoms. The third-order valence-electron chi connectivity index (χ3n) is 6.01. The Hall–Kier alpha value is -1.78. The molecular formula is C28H48O12. The summed E-state index contributed by atoms with van der Waals surface area (Å²) in [6.07, 6.45) is -8.05. The average molecular weight is 577 g/mol. The van der Waals surface area contributed by atoms with Crippen LogP contribution in [0.15, 0.2) is 55.6 Å². The first kappa shape index (κ1) is 38.2. The molecule has 6 N–H and O–H groups in total. The summed E-state index contributed by atoms with van der Waals surface area (Å²) in [5, 5.41) is 57.5. The van der Waals surface area contributed by atoms with Crippen LogP contribution in [0.2, 0.25) is 0 Å². The van der Waals surface area contributed by atoms with Gasteiger partial charge in [-0.1, -0.05) is 64.8 Å². The van der Waals surface area contributed by atoms with E-state index >= 15 is 0 Å². The molecular weight excluding hydrogens is 528 g/mol. The van der Waals surface area contributed by atoms with Crippen LogP contribution in [0, 0.1) is 0 Å². The molecule has 12 heteroatoms. The molecule has 11 atom stereocenters. The lowest BCUT2D eigenvalue weighted by atomic mass is 9.98. The smallest absolute Gasteiger partial charge is 0.187 e. The van der Waals surface area contributed by atoms with E-state index in [1.54, 1.807) is 6.08 Å². The van der Waals surface area contributed by atoms with Gasteiger partial charge in [0.25, 0.3) is 0 Å². The molecule has 0 bridgehead atoms. The maximum absolute atomic E-state index is 10.3. The molecule has 3 aliphatic rings. The number of aliphatic hydroxyl groups excluding tert-OH is 6. The Bertz CT molecular complexity index is 823. The molecule has 3 saturated heterocycles. The Balaban J connectivity index is 0.000000754. The molecule has 3 fully saturated rings. The second kappa shape index (κ2) is 18.6. The lowest BCUT2D eigenvalue weighted by molar-refractivity contribution is -0.360. The van der Waals surface area contributed by atoms with Crippen LogP contribution in [0.3, 0.4) is 0 Å². The second-order valence-corrected chi connectivity index (χ2v) is 8.64. The lowest BCUT2D eigenvalue weighted by Crippen LogP contribution is -2.62. The number of rotatable bonds is 8. The summed E-state index contributed by atoms with van der Waals surface area (Å²) in [4.78, 5) is 0. The summed E-state index contributed by atoms with van der Waals surface area (Å²) >= 11 is 0. The minimum absolute atomic E-state index is 0. The molecule has 40 heavy (non-hydrogen) atoms. The number of fused-ring (bicyclic) bond motifs is 1. The van der Waals surface area contributed by atoms with Crippen molar-refractivity contribution in [1.82, 2.24) is 0 Å². The zero-order chi connectivity index (χ0) is 26.9. The van der Waals surface area contributed by atoms with Crippen LogP contribution in [0.1, 0.15) is 34.1 Å². The largest absolute Gasteiger partial charge is 0.394 e. The number of ether oxygens (including phenoxy) is 6. The Kier molecular flexibility index (Phi) is 17.8. The average Bonchev–Trinajstić information content (AvgIpc) is 2.93. The minimum Gasteiger partial charge on any atom is -0.394 e. The predicted octanol–water partition coefficient (Wildman–Crippen LogP) is 0.647. The van der Waals surface area contributed by atoms with E-state index in [4.69, 9.17) is 33.5 Å². The van der Waals surface area contributed by atoms with Crippen molar-refractivity contribution in [2.24, 2.45) is 0 Å². The molecule has 0 amide bonds. The van der Waals surface area contributed by atoms with E-state index in [1.807, 2.05) is 30.3 Å². The van der Waals surface area contributed by atoms with Crippen molar-refractivity contribution in [2.45, 2.75) is 90.0 Å². The molecule has 12 nitrogen and oxygen atoms in total. The molecule has 4 rings (SSSR count). The van der Waals surface area contributed by atoms with E-state index < -0.39 is 74.3 Å². The van der Waals surface area contributed by atoms with E-state index in [0.29, 0.717) is 0 Å². The maximum atomic E-state index is 10.3. The highest BCUT2D eigenvalue weighted by atomic mass is 16.8. The third kappa shape index (κ3) is 9.38. The van der Waals surface area contributed by atoms with Gasteiger partial charge in [-0.15, -0.1) is 13.2 Å². The van der Waals surface area contributed by atoms with Gasteiger partial charge >= 0.3 is 0 Å². The molecule has 1 aromatic rings. The molecule has 3 aliphatic heterocycles. The van der Waals surface area contributed by atoms with Gasteiger partial charge in [-0.3, -0.25) is 0 Å². The standard InChI is InChI=1S/C16H20O6.C9H16O6.3CH4/c1-2-8-19-16-13(18)12(17)14-11(21-16)9-20-15(22-14)10-6-4-3-5-7-10;1-2-3-14-9-8(13)7(12)6(11)5(4-10)15-9;;;/h2-7,11-18H,1,8-9H2;2,5-13H,1,3-4H2;3*1H4. The van der Waals surface area contributed by atoms with Gasteiger partial charge in [0.1, 0.15) is 48.8 Å². The molecule has 0 aromatic heterocycles. The summed E-state index contributed by atoms with van der Waals surface area (Å²) < 4.78 is 32.5. The fourth-order valence-electron chi connectivity index (χ4n) is 4.03. The van der Waals surface area contributed by atoms with Gasteiger partial charge in [-0.2, -0.15) is 0 Å². The van der Waals surface area contributed by atoms with E-state index in [-0.39, 0.29) is 42.1 Å². The van der Waals surface area contributed by atoms with Crippen LogP contribution < -0.4 is 0 Å². The van der Waals surface area contributed by atoms with Crippen LogP contribution in [-0.4, -0.2) is 118 Å². The number of hydrogen-bond donors (Lipinski definition) is 6.